The van der Waals surface area contributed by atoms with Crippen molar-refractivity contribution in [3.05, 3.63) is 71.3 Å². The highest BCUT2D eigenvalue weighted by Crippen LogP contribution is 2.18. The molecule has 0 aliphatic carbocycles. The first-order valence-corrected chi connectivity index (χ1v) is 7.50. The molecule has 0 saturated carbocycles. The lowest BCUT2D eigenvalue weighted by molar-refractivity contribution is 0.306. The molecule has 4 nitrogen and oxygen atoms in total. The first-order chi connectivity index (χ1) is 10.8. The molecule has 0 atom stereocenters. The molecule has 0 N–H and O–H groups in total. The second-order valence-corrected chi connectivity index (χ2v) is 5.32. The molecule has 3 rings (SSSR count). The summed E-state index contributed by atoms with van der Waals surface area (Å²) < 4.78 is 7.75. The molecule has 0 radical (unpaired) electrons. The van der Waals surface area contributed by atoms with Crippen LogP contribution in [0.2, 0.25) is 5.02 Å². The van der Waals surface area contributed by atoms with Crippen LogP contribution in [0.25, 0.3) is 5.69 Å². The van der Waals surface area contributed by atoms with Crippen LogP contribution >= 0.6 is 11.6 Å². The number of rotatable bonds is 5. The van der Waals surface area contributed by atoms with Crippen LogP contribution in [0.4, 0.5) is 0 Å². The lowest BCUT2D eigenvalue weighted by Crippen LogP contribution is -1.99. The summed E-state index contributed by atoms with van der Waals surface area (Å²) in [5, 5.41) is 8.75. The quantitative estimate of drug-likeness (QED) is 0.713. The Labute approximate surface area is 134 Å². The Balaban J connectivity index is 1.69. The zero-order chi connectivity index (χ0) is 15.4. The van der Waals surface area contributed by atoms with Gasteiger partial charge in [0, 0.05) is 17.1 Å². The molecule has 5 heteroatoms. The molecule has 0 aliphatic heterocycles. The molecule has 22 heavy (non-hydrogen) atoms. The molecule has 0 saturated heterocycles. The molecule has 0 fully saturated rings. The number of nitrogens with zero attached hydrogens (tertiary/aromatic N) is 3. The molecule has 1 aromatic heterocycles. The Kier molecular flexibility index (Phi) is 4.39. The van der Waals surface area contributed by atoms with E-state index >= 15 is 0 Å². The van der Waals surface area contributed by atoms with Gasteiger partial charge in [-0.05, 0) is 42.0 Å². The summed E-state index contributed by atoms with van der Waals surface area (Å²) in [5.74, 6) is 1.75. The maximum absolute atomic E-state index is 5.96. The van der Waals surface area contributed by atoms with Gasteiger partial charge in [0.15, 0.2) is 0 Å². The minimum absolute atomic E-state index is 0.493. The summed E-state index contributed by atoms with van der Waals surface area (Å²) in [4.78, 5) is 0. The predicted octanol–water partition coefficient (Wildman–Crippen LogP) is 4.06. The number of hydrogen-bond donors (Lipinski definition) is 0. The van der Waals surface area contributed by atoms with Gasteiger partial charge >= 0.3 is 0 Å². The van der Waals surface area contributed by atoms with E-state index in [-0.39, 0.29) is 0 Å². The van der Waals surface area contributed by atoms with E-state index in [1.165, 1.54) is 0 Å². The van der Waals surface area contributed by atoms with Crippen LogP contribution in [-0.2, 0) is 13.0 Å². The van der Waals surface area contributed by atoms with Crippen LogP contribution in [0, 0.1) is 0 Å². The van der Waals surface area contributed by atoms with E-state index < -0.39 is 0 Å². The summed E-state index contributed by atoms with van der Waals surface area (Å²) in [6, 6.07) is 15.5. The van der Waals surface area contributed by atoms with Gasteiger partial charge in [0.1, 0.15) is 24.5 Å². The summed E-state index contributed by atoms with van der Waals surface area (Å²) in [6.07, 6.45) is 2.56. The third kappa shape index (κ3) is 3.28. The third-order valence-electron chi connectivity index (χ3n) is 3.34. The fraction of sp³-hybridized carbons (Fsp3) is 0.176. The second kappa shape index (κ2) is 6.62. The zero-order valence-corrected chi connectivity index (χ0v) is 13.0. The maximum Gasteiger partial charge on any atom is 0.137 e. The summed E-state index contributed by atoms with van der Waals surface area (Å²) in [6.45, 7) is 2.55. The van der Waals surface area contributed by atoms with Crippen molar-refractivity contribution in [3.8, 4) is 11.4 Å². The number of benzene rings is 2. The van der Waals surface area contributed by atoms with Crippen molar-refractivity contribution in [2.45, 2.75) is 20.0 Å². The van der Waals surface area contributed by atoms with Gasteiger partial charge in [0.25, 0.3) is 0 Å². The number of ether oxygens (including phenoxy) is 1. The van der Waals surface area contributed by atoms with Gasteiger partial charge < -0.3 is 4.74 Å². The Bertz CT molecular complexity index is 753. The van der Waals surface area contributed by atoms with Crippen molar-refractivity contribution in [1.82, 2.24) is 14.8 Å². The van der Waals surface area contributed by atoms with Gasteiger partial charge in [0.2, 0.25) is 0 Å². The second-order valence-electron chi connectivity index (χ2n) is 4.88. The van der Waals surface area contributed by atoms with Crippen LogP contribution in [0.15, 0.2) is 54.9 Å². The molecule has 0 aliphatic rings. The molecule has 112 valence electrons. The van der Waals surface area contributed by atoms with Crippen molar-refractivity contribution < 1.29 is 4.74 Å². The number of hydrogen-bond acceptors (Lipinski definition) is 3. The SMILES string of the molecule is CCc1nncn1-c1ccc(OCc2cccc(Cl)c2)cc1. The van der Waals surface area contributed by atoms with Crippen LogP contribution in [0.5, 0.6) is 5.75 Å². The Hall–Kier alpha value is -2.33. The molecule has 0 amide bonds. The van der Waals surface area contributed by atoms with Crippen LogP contribution in [0.1, 0.15) is 18.3 Å². The monoisotopic (exact) mass is 313 g/mol. The maximum atomic E-state index is 5.96. The minimum atomic E-state index is 0.493. The lowest BCUT2D eigenvalue weighted by atomic mass is 10.2. The van der Waals surface area contributed by atoms with Crippen molar-refractivity contribution in [3.63, 3.8) is 0 Å². The topological polar surface area (TPSA) is 39.9 Å². The molecular formula is C17H16ClN3O. The Morgan fingerprint density at radius 1 is 1.14 bits per heavy atom. The fourth-order valence-corrected chi connectivity index (χ4v) is 2.42. The van der Waals surface area contributed by atoms with E-state index in [1.54, 1.807) is 6.33 Å². The number of aryl methyl sites for hydroxylation is 1. The van der Waals surface area contributed by atoms with Crippen LogP contribution in [-0.4, -0.2) is 14.8 Å². The van der Waals surface area contributed by atoms with E-state index in [0.717, 1.165) is 34.3 Å². The first-order valence-electron chi connectivity index (χ1n) is 7.13. The first kappa shape index (κ1) is 14.6. The van der Waals surface area contributed by atoms with Gasteiger partial charge in [-0.25, -0.2) is 0 Å². The highest BCUT2D eigenvalue weighted by atomic mass is 35.5. The highest BCUT2D eigenvalue weighted by molar-refractivity contribution is 6.30. The van der Waals surface area contributed by atoms with Crippen molar-refractivity contribution in [2.75, 3.05) is 0 Å². The molecule has 0 unspecified atom stereocenters. The van der Waals surface area contributed by atoms with E-state index in [1.807, 2.05) is 53.1 Å². The molecule has 2 aromatic carbocycles. The smallest absolute Gasteiger partial charge is 0.137 e. The van der Waals surface area contributed by atoms with Crippen molar-refractivity contribution in [1.29, 1.82) is 0 Å². The fourth-order valence-electron chi connectivity index (χ4n) is 2.21. The number of halogens is 1. The Morgan fingerprint density at radius 3 is 2.68 bits per heavy atom. The van der Waals surface area contributed by atoms with E-state index in [0.29, 0.717) is 6.61 Å². The zero-order valence-electron chi connectivity index (χ0n) is 12.2. The van der Waals surface area contributed by atoms with Crippen LogP contribution in [0.3, 0.4) is 0 Å². The minimum Gasteiger partial charge on any atom is -0.489 e. The molecular weight excluding hydrogens is 298 g/mol. The van der Waals surface area contributed by atoms with Gasteiger partial charge in [0.05, 0.1) is 0 Å². The van der Waals surface area contributed by atoms with Gasteiger partial charge in [-0.3, -0.25) is 4.57 Å². The summed E-state index contributed by atoms with van der Waals surface area (Å²) in [7, 11) is 0. The third-order valence-corrected chi connectivity index (χ3v) is 3.58. The van der Waals surface area contributed by atoms with E-state index in [9.17, 15) is 0 Å². The molecule has 0 spiro atoms. The molecule has 1 heterocycles. The van der Waals surface area contributed by atoms with Crippen LogP contribution < -0.4 is 4.74 Å². The normalized spacial score (nSPS) is 10.6. The average molecular weight is 314 g/mol. The predicted molar refractivity (Wildman–Crippen MR) is 86.5 cm³/mol. The van der Waals surface area contributed by atoms with Crippen molar-refractivity contribution >= 4 is 11.6 Å². The Morgan fingerprint density at radius 2 is 1.95 bits per heavy atom. The number of aromatic nitrogens is 3. The summed E-state index contributed by atoms with van der Waals surface area (Å²) in [5.41, 5.74) is 2.07. The van der Waals surface area contributed by atoms with E-state index in [4.69, 9.17) is 16.3 Å². The van der Waals surface area contributed by atoms with Gasteiger partial charge in [-0.15, -0.1) is 10.2 Å². The lowest BCUT2D eigenvalue weighted by Gasteiger charge is -2.09. The van der Waals surface area contributed by atoms with E-state index in [2.05, 4.69) is 17.1 Å². The standard InChI is InChI=1S/C17H16ClN3O/c1-2-17-20-19-12-21(17)15-6-8-16(9-7-15)22-11-13-4-3-5-14(18)10-13/h3-10,12H,2,11H2,1H3. The van der Waals surface area contributed by atoms with Crippen molar-refractivity contribution in [2.24, 2.45) is 0 Å². The highest BCUT2D eigenvalue weighted by Gasteiger charge is 2.04. The average Bonchev–Trinajstić information content (AvgIpc) is 3.02. The molecule has 0 bridgehead atoms. The molecule has 3 aromatic rings. The summed E-state index contributed by atoms with van der Waals surface area (Å²) >= 11 is 5.96. The largest absolute Gasteiger partial charge is 0.489 e. The van der Waals surface area contributed by atoms with Gasteiger partial charge in [-0.2, -0.15) is 0 Å². The van der Waals surface area contributed by atoms with Gasteiger partial charge in [-0.1, -0.05) is 30.7 Å².